The van der Waals surface area contributed by atoms with Crippen LogP contribution in [-0.4, -0.2) is 37.1 Å². The van der Waals surface area contributed by atoms with Gasteiger partial charge in [0.2, 0.25) is 0 Å². The van der Waals surface area contributed by atoms with Crippen LogP contribution >= 0.6 is 22.9 Å². The molecule has 1 heterocycles. The second-order valence-electron chi connectivity index (χ2n) is 6.97. The molecule has 9 heteroatoms. The van der Waals surface area contributed by atoms with E-state index in [-0.39, 0.29) is 24.9 Å². The van der Waals surface area contributed by atoms with Gasteiger partial charge in [-0.25, -0.2) is 4.98 Å². The molecule has 0 aliphatic carbocycles. The average molecular weight is 489 g/mol. The van der Waals surface area contributed by atoms with Gasteiger partial charge in [0, 0.05) is 34.5 Å². The number of amides is 1. The summed E-state index contributed by atoms with van der Waals surface area (Å²) in [6.07, 6.45) is 0.681. The monoisotopic (exact) mass is 488 g/mol. The van der Waals surface area contributed by atoms with E-state index in [1.54, 1.807) is 31.4 Å². The molecule has 7 nitrogen and oxygen atoms in total. The van der Waals surface area contributed by atoms with Gasteiger partial charge in [0.25, 0.3) is 5.91 Å². The minimum atomic E-state index is -0.340. The molecule has 0 atom stereocenters. The highest BCUT2D eigenvalue weighted by Gasteiger charge is 2.12. The zero-order valence-electron chi connectivity index (χ0n) is 18.4. The summed E-state index contributed by atoms with van der Waals surface area (Å²) in [5.41, 5.74) is 2.09. The zero-order chi connectivity index (χ0) is 23.6. The van der Waals surface area contributed by atoms with Crippen molar-refractivity contribution in [3.8, 4) is 22.1 Å². The van der Waals surface area contributed by atoms with E-state index in [4.69, 9.17) is 25.8 Å². The van der Waals surface area contributed by atoms with Gasteiger partial charge in [-0.1, -0.05) is 11.6 Å². The van der Waals surface area contributed by atoms with Crippen LogP contribution in [0, 0.1) is 0 Å². The highest BCUT2D eigenvalue weighted by Crippen LogP contribution is 2.33. The number of hydrogen-bond acceptors (Lipinski definition) is 7. The molecule has 0 spiro atoms. The highest BCUT2D eigenvalue weighted by molar-refractivity contribution is 7.13. The summed E-state index contributed by atoms with van der Waals surface area (Å²) in [6.45, 7) is 2.94. The van der Waals surface area contributed by atoms with Crippen molar-refractivity contribution < 1.29 is 23.8 Å². The van der Waals surface area contributed by atoms with E-state index < -0.39 is 0 Å². The van der Waals surface area contributed by atoms with Gasteiger partial charge >= 0.3 is 5.97 Å². The van der Waals surface area contributed by atoms with E-state index in [9.17, 15) is 9.59 Å². The molecule has 0 fully saturated rings. The molecule has 0 aliphatic heterocycles. The molecule has 1 aromatic heterocycles. The Morgan fingerprint density at radius 1 is 1.12 bits per heavy atom. The summed E-state index contributed by atoms with van der Waals surface area (Å²) < 4.78 is 16.2. The number of nitrogens with zero attached hydrogens (tertiary/aromatic N) is 1. The smallest absolute Gasteiger partial charge is 0.306 e. The number of methoxy groups -OCH3 is 1. The molecule has 0 radical (unpaired) electrons. The first kappa shape index (κ1) is 24.5. The predicted molar refractivity (Wildman–Crippen MR) is 128 cm³/mol. The van der Waals surface area contributed by atoms with E-state index in [1.807, 2.05) is 30.5 Å². The van der Waals surface area contributed by atoms with Crippen molar-refractivity contribution in [2.75, 3.05) is 20.3 Å². The summed E-state index contributed by atoms with van der Waals surface area (Å²) >= 11 is 7.28. The first-order valence-electron chi connectivity index (χ1n) is 10.4. The molecule has 1 N–H and O–H groups in total. The van der Waals surface area contributed by atoms with Crippen LogP contribution in [0.1, 0.15) is 35.8 Å². The Balaban J connectivity index is 1.42. The third kappa shape index (κ3) is 7.20. The van der Waals surface area contributed by atoms with E-state index in [2.05, 4.69) is 10.3 Å². The number of aromatic nitrogens is 1. The average Bonchev–Trinajstić information content (AvgIpc) is 3.30. The van der Waals surface area contributed by atoms with Crippen LogP contribution in [0.4, 0.5) is 0 Å². The van der Waals surface area contributed by atoms with E-state index in [0.29, 0.717) is 47.4 Å². The van der Waals surface area contributed by atoms with Crippen molar-refractivity contribution in [3.05, 3.63) is 64.1 Å². The number of nitrogens with one attached hydrogen (secondary N) is 1. The van der Waals surface area contributed by atoms with Crippen LogP contribution in [0.2, 0.25) is 5.02 Å². The second kappa shape index (κ2) is 12.2. The number of ether oxygens (including phenoxy) is 3. The number of carbonyl (C=O) groups excluding carboxylic acids is 2. The van der Waals surface area contributed by atoms with Gasteiger partial charge in [-0.15, -0.1) is 11.3 Å². The molecule has 3 aromatic rings. The molecule has 0 unspecified atom stereocenters. The molecular formula is C24H25ClN2O5S. The maximum atomic E-state index is 12.0. The zero-order valence-corrected chi connectivity index (χ0v) is 20.0. The molecule has 174 valence electrons. The van der Waals surface area contributed by atoms with Crippen molar-refractivity contribution in [1.82, 2.24) is 10.3 Å². The topological polar surface area (TPSA) is 86.8 Å². The van der Waals surface area contributed by atoms with Crippen molar-refractivity contribution in [1.29, 1.82) is 0 Å². The SMILES string of the molecule is CCOc1ccc(-c2nc(COC(=O)CCCNC(=O)c3ccc(Cl)cc3)cs2)cc1OC. The second-order valence-corrected chi connectivity index (χ2v) is 8.26. The third-order valence-corrected chi connectivity index (χ3v) is 5.79. The van der Waals surface area contributed by atoms with Crippen LogP contribution < -0.4 is 14.8 Å². The quantitative estimate of drug-likeness (QED) is 0.297. The molecular weight excluding hydrogens is 464 g/mol. The number of halogens is 1. The Morgan fingerprint density at radius 2 is 1.91 bits per heavy atom. The number of carbonyl (C=O) groups is 2. The maximum absolute atomic E-state index is 12.0. The highest BCUT2D eigenvalue weighted by atomic mass is 35.5. The van der Waals surface area contributed by atoms with E-state index in [0.717, 1.165) is 10.6 Å². The van der Waals surface area contributed by atoms with E-state index >= 15 is 0 Å². The summed E-state index contributed by atoms with van der Waals surface area (Å²) in [7, 11) is 1.59. The van der Waals surface area contributed by atoms with Crippen LogP contribution in [-0.2, 0) is 16.1 Å². The number of esters is 1. The lowest BCUT2D eigenvalue weighted by atomic mass is 10.2. The summed E-state index contributed by atoms with van der Waals surface area (Å²) in [5, 5.41) is 6.00. The fourth-order valence-electron chi connectivity index (χ4n) is 2.95. The summed E-state index contributed by atoms with van der Waals surface area (Å²) in [6, 6.07) is 12.3. The summed E-state index contributed by atoms with van der Waals surface area (Å²) in [5.74, 6) is 0.772. The Morgan fingerprint density at radius 3 is 2.64 bits per heavy atom. The first-order valence-corrected chi connectivity index (χ1v) is 11.7. The maximum Gasteiger partial charge on any atom is 0.306 e. The standard InChI is InChI=1S/C24H25ClN2O5S/c1-3-31-20-11-8-17(13-21(20)30-2)24-27-19(15-33-24)14-32-22(28)5-4-12-26-23(29)16-6-9-18(25)10-7-16/h6-11,13,15H,3-5,12,14H2,1-2H3,(H,26,29). The fourth-order valence-corrected chi connectivity index (χ4v) is 3.87. The van der Waals surface area contributed by atoms with Gasteiger partial charge in [-0.3, -0.25) is 9.59 Å². The molecule has 0 aliphatic rings. The molecule has 3 rings (SSSR count). The van der Waals surface area contributed by atoms with Gasteiger partial charge in [0.1, 0.15) is 11.6 Å². The minimum absolute atomic E-state index is 0.0978. The fraction of sp³-hybridized carbons (Fsp3) is 0.292. The Bertz CT molecular complexity index is 1080. The first-order chi connectivity index (χ1) is 16.0. The predicted octanol–water partition coefficient (Wildman–Crippen LogP) is 5.12. The van der Waals surface area contributed by atoms with Crippen molar-refractivity contribution >= 4 is 34.8 Å². The van der Waals surface area contributed by atoms with Crippen molar-refractivity contribution in [2.24, 2.45) is 0 Å². The Hall–Kier alpha value is -3.10. The number of thiazole rings is 1. The Kier molecular flexibility index (Phi) is 9.09. The number of hydrogen-bond donors (Lipinski definition) is 1. The molecule has 1 amide bonds. The Labute approximate surface area is 201 Å². The van der Waals surface area contributed by atoms with Crippen LogP contribution in [0.3, 0.4) is 0 Å². The minimum Gasteiger partial charge on any atom is -0.493 e. The molecule has 2 aromatic carbocycles. The summed E-state index contributed by atoms with van der Waals surface area (Å²) in [4.78, 5) is 28.6. The largest absolute Gasteiger partial charge is 0.493 e. The lowest BCUT2D eigenvalue weighted by Gasteiger charge is -2.09. The van der Waals surface area contributed by atoms with Gasteiger partial charge in [0.05, 0.1) is 19.4 Å². The van der Waals surface area contributed by atoms with Crippen LogP contribution in [0.25, 0.3) is 10.6 Å². The third-order valence-electron chi connectivity index (χ3n) is 4.59. The molecule has 33 heavy (non-hydrogen) atoms. The van der Waals surface area contributed by atoms with E-state index in [1.165, 1.54) is 11.3 Å². The van der Waals surface area contributed by atoms with Crippen LogP contribution in [0.5, 0.6) is 11.5 Å². The van der Waals surface area contributed by atoms with Crippen molar-refractivity contribution in [3.63, 3.8) is 0 Å². The molecule has 0 saturated carbocycles. The molecule has 0 saturated heterocycles. The van der Waals surface area contributed by atoms with Gasteiger partial charge in [0.15, 0.2) is 11.5 Å². The number of benzene rings is 2. The molecule has 0 bridgehead atoms. The lowest BCUT2D eigenvalue weighted by Crippen LogP contribution is -2.24. The number of rotatable bonds is 11. The van der Waals surface area contributed by atoms with Gasteiger partial charge in [-0.2, -0.15) is 0 Å². The van der Waals surface area contributed by atoms with Gasteiger partial charge < -0.3 is 19.5 Å². The normalized spacial score (nSPS) is 10.5. The van der Waals surface area contributed by atoms with Crippen LogP contribution in [0.15, 0.2) is 47.8 Å². The lowest BCUT2D eigenvalue weighted by molar-refractivity contribution is -0.145. The van der Waals surface area contributed by atoms with Crippen molar-refractivity contribution in [2.45, 2.75) is 26.4 Å². The van der Waals surface area contributed by atoms with Gasteiger partial charge in [-0.05, 0) is 55.8 Å².